The van der Waals surface area contributed by atoms with Gasteiger partial charge in [0.15, 0.2) is 11.5 Å². The van der Waals surface area contributed by atoms with Crippen LogP contribution in [0.1, 0.15) is 13.3 Å². The van der Waals surface area contributed by atoms with E-state index in [2.05, 4.69) is 5.32 Å². The average Bonchev–Trinajstić information content (AvgIpc) is 2.66. The molecule has 1 atom stereocenters. The summed E-state index contributed by atoms with van der Waals surface area (Å²) in [6.07, 6.45) is 0.724. The Hall–Kier alpha value is -2.60. The Morgan fingerprint density at radius 3 is 2.69 bits per heavy atom. The summed E-state index contributed by atoms with van der Waals surface area (Å²) in [5, 5.41) is 3.44. The maximum Gasteiger partial charge on any atom is 0.326 e. The minimum absolute atomic E-state index is 0.0696. The number of methoxy groups -OCH3 is 2. The van der Waals surface area contributed by atoms with Gasteiger partial charge in [0.25, 0.3) is 0 Å². The number of nitrogens with one attached hydrogen (secondary N) is 1. The largest absolute Gasteiger partial charge is 0.493 e. The predicted molar refractivity (Wildman–Crippen MR) is 102 cm³/mol. The number of halogens is 1. The molecule has 0 unspecified atom stereocenters. The highest BCUT2D eigenvalue weighted by molar-refractivity contribution is 6.31. The lowest BCUT2D eigenvalue weighted by Crippen LogP contribution is -2.45. The summed E-state index contributed by atoms with van der Waals surface area (Å²) in [5.74, 6) is 1.79. The second-order valence-corrected chi connectivity index (χ2v) is 6.31. The van der Waals surface area contributed by atoms with Gasteiger partial charge >= 0.3 is 6.03 Å². The van der Waals surface area contributed by atoms with E-state index in [9.17, 15) is 4.79 Å². The molecular weight excluding hydrogens is 356 g/mol. The highest BCUT2D eigenvalue weighted by atomic mass is 35.5. The molecule has 0 spiro atoms. The lowest BCUT2D eigenvalue weighted by molar-refractivity contribution is 0.188. The van der Waals surface area contributed by atoms with Crippen molar-refractivity contribution in [1.82, 2.24) is 0 Å². The maximum absolute atomic E-state index is 12.9. The molecule has 7 heteroatoms. The van der Waals surface area contributed by atoms with Gasteiger partial charge in [0.2, 0.25) is 0 Å². The smallest absolute Gasteiger partial charge is 0.326 e. The van der Waals surface area contributed by atoms with E-state index in [0.29, 0.717) is 40.2 Å². The number of ether oxygens (including phenoxy) is 3. The standard InChI is InChI=1S/C19H21ClN2O4/c1-4-14-11-22(15-9-12(20)5-7-16(15)26-14)19(23)21-13-6-8-17(24-2)18(10-13)25-3/h5-10,14H,4,11H2,1-3H3,(H,21,23)/t14-/m1/s1. The van der Waals surface area contributed by atoms with Gasteiger partial charge in [-0.25, -0.2) is 4.79 Å². The normalized spacial score (nSPS) is 15.7. The first-order chi connectivity index (χ1) is 12.5. The van der Waals surface area contributed by atoms with Crippen LogP contribution in [-0.4, -0.2) is 32.9 Å². The Bertz CT molecular complexity index is 812. The first-order valence-electron chi connectivity index (χ1n) is 8.32. The molecule has 1 heterocycles. The number of rotatable bonds is 4. The Balaban J connectivity index is 1.86. The highest BCUT2D eigenvalue weighted by Crippen LogP contribution is 2.37. The van der Waals surface area contributed by atoms with Crippen LogP contribution < -0.4 is 24.4 Å². The lowest BCUT2D eigenvalue weighted by Gasteiger charge is -2.34. The summed E-state index contributed by atoms with van der Waals surface area (Å²) < 4.78 is 16.4. The molecule has 3 rings (SSSR count). The second kappa shape index (κ2) is 7.74. The Labute approximate surface area is 157 Å². The summed E-state index contributed by atoms with van der Waals surface area (Å²) in [7, 11) is 3.12. The van der Waals surface area contributed by atoms with Gasteiger partial charge in [-0.1, -0.05) is 18.5 Å². The summed E-state index contributed by atoms with van der Waals surface area (Å²) in [4.78, 5) is 14.5. The van der Waals surface area contributed by atoms with Crippen molar-refractivity contribution in [3.8, 4) is 17.2 Å². The molecule has 2 aromatic rings. The van der Waals surface area contributed by atoms with Crippen molar-refractivity contribution >= 4 is 29.0 Å². The van der Waals surface area contributed by atoms with E-state index in [4.69, 9.17) is 25.8 Å². The molecule has 0 radical (unpaired) electrons. The summed E-state index contributed by atoms with van der Waals surface area (Å²) in [6, 6.07) is 10.2. The van der Waals surface area contributed by atoms with E-state index in [1.165, 1.54) is 0 Å². The quantitative estimate of drug-likeness (QED) is 0.849. The third-order valence-electron chi connectivity index (χ3n) is 4.23. The third-order valence-corrected chi connectivity index (χ3v) is 4.46. The fourth-order valence-electron chi connectivity index (χ4n) is 2.83. The van der Waals surface area contributed by atoms with E-state index in [-0.39, 0.29) is 12.1 Å². The molecule has 26 heavy (non-hydrogen) atoms. The van der Waals surface area contributed by atoms with Crippen molar-refractivity contribution in [2.24, 2.45) is 0 Å². The number of benzene rings is 2. The molecule has 138 valence electrons. The van der Waals surface area contributed by atoms with Crippen LogP contribution >= 0.6 is 11.6 Å². The highest BCUT2D eigenvalue weighted by Gasteiger charge is 2.29. The van der Waals surface area contributed by atoms with Crippen molar-refractivity contribution in [2.75, 3.05) is 31.0 Å². The van der Waals surface area contributed by atoms with Crippen LogP contribution in [0.2, 0.25) is 5.02 Å². The Kier molecular flexibility index (Phi) is 5.42. The van der Waals surface area contributed by atoms with Crippen LogP contribution in [-0.2, 0) is 0 Å². The average molecular weight is 377 g/mol. The lowest BCUT2D eigenvalue weighted by atomic mass is 10.1. The zero-order valence-corrected chi connectivity index (χ0v) is 15.7. The molecule has 0 saturated carbocycles. The van der Waals surface area contributed by atoms with Crippen LogP contribution in [0.4, 0.5) is 16.2 Å². The number of carbonyl (C=O) groups excluding carboxylic acids is 1. The van der Waals surface area contributed by atoms with Gasteiger partial charge in [-0.05, 0) is 36.8 Å². The SMILES string of the molecule is CC[C@@H]1CN(C(=O)Nc2ccc(OC)c(OC)c2)c2cc(Cl)ccc2O1. The minimum Gasteiger partial charge on any atom is -0.493 e. The van der Waals surface area contributed by atoms with Gasteiger partial charge in [0.1, 0.15) is 11.9 Å². The first kappa shape index (κ1) is 18.2. The van der Waals surface area contributed by atoms with Gasteiger partial charge in [-0.2, -0.15) is 0 Å². The zero-order chi connectivity index (χ0) is 18.7. The Morgan fingerprint density at radius 1 is 1.23 bits per heavy atom. The van der Waals surface area contributed by atoms with Gasteiger partial charge < -0.3 is 19.5 Å². The molecule has 0 bridgehead atoms. The third kappa shape index (κ3) is 3.65. The fourth-order valence-corrected chi connectivity index (χ4v) is 3.00. The molecule has 6 nitrogen and oxygen atoms in total. The first-order valence-corrected chi connectivity index (χ1v) is 8.70. The number of nitrogens with zero attached hydrogens (tertiary/aromatic N) is 1. The van der Waals surface area contributed by atoms with E-state index < -0.39 is 0 Å². The number of urea groups is 1. The van der Waals surface area contributed by atoms with Gasteiger partial charge in [0, 0.05) is 16.8 Å². The van der Waals surface area contributed by atoms with Crippen molar-refractivity contribution in [2.45, 2.75) is 19.4 Å². The van der Waals surface area contributed by atoms with E-state index in [1.54, 1.807) is 55.5 Å². The molecule has 0 saturated heterocycles. The number of anilines is 2. The van der Waals surface area contributed by atoms with Gasteiger partial charge in [-0.3, -0.25) is 4.90 Å². The molecule has 2 amide bonds. The second-order valence-electron chi connectivity index (χ2n) is 5.87. The number of carbonyl (C=O) groups is 1. The topological polar surface area (TPSA) is 60.0 Å². The molecule has 1 aliphatic rings. The van der Waals surface area contributed by atoms with Gasteiger partial charge in [0.05, 0.1) is 26.5 Å². The molecule has 0 aromatic heterocycles. The van der Waals surface area contributed by atoms with Crippen molar-refractivity contribution in [1.29, 1.82) is 0 Å². The predicted octanol–water partition coefficient (Wildman–Crippen LogP) is 4.57. The number of amides is 2. The molecular formula is C19H21ClN2O4. The fraction of sp³-hybridized carbons (Fsp3) is 0.316. The number of hydrogen-bond acceptors (Lipinski definition) is 4. The van der Waals surface area contributed by atoms with Crippen LogP contribution in [0.15, 0.2) is 36.4 Å². The van der Waals surface area contributed by atoms with Crippen LogP contribution in [0.5, 0.6) is 17.2 Å². The Morgan fingerprint density at radius 2 is 2.00 bits per heavy atom. The molecule has 0 fully saturated rings. The number of hydrogen-bond donors (Lipinski definition) is 1. The summed E-state index contributed by atoms with van der Waals surface area (Å²) in [5.41, 5.74) is 1.26. The molecule has 0 aliphatic carbocycles. The minimum atomic E-state index is -0.262. The number of fused-ring (bicyclic) bond motifs is 1. The van der Waals surface area contributed by atoms with Crippen LogP contribution in [0.3, 0.4) is 0 Å². The van der Waals surface area contributed by atoms with E-state index >= 15 is 0 Å². The summed E-state index contributed by atoms with van der Waals surface area (Å²) in [6.45, 7) is 2.47. The summed E-state index contributed by atoms with van der Waals surface area (Å²) >= 11 is 6.11. The van der Waals surface area contributed by atoms with Crippen molar-refractivity contribution < 1.29 is 19.0 Å². The molecule has 1 N–H and O–H groups in total. The van der Waals surface area contributed by atoms with Crippen LogP contribution in [0, 0.1) is 0 Å². The monoisotopic (exact) mass is 376 g/mol. The van der Waals surface area contributed by atoms with E-state index in [0.717, 1.165) is 6.42 Å². The zero-order valence-electron chi connectivity index (χ0n) is 14.9. The van der Waals surface area contributed by atoms with E-state index in [1.807, 2.05) is 6.92 Å². The maximum atomic E-state index is 12.9. The van der Waals surface area contributed by atoms with Crippen LogP contribution in [0.25, 0.3) is 0 Å². The van der Waals surface area contributed by atoms with Crippen molar-refractivity contribution in [3.63, 3.8) is 0 Å². The molecule has 1 aliphatic heterocycles. The van der Waals surface area contributed by atoms with Gasteiger partial charge in [-0.15, -0.1) is 0 Å². The van der Waals surface area contributed by atoms with Crippen molar-refractivity contribution in [3.05, 3.63) is 41.4 Å². The molecule has 2 aromatic carbocycles.